The third kappa shape index (κ3) is 4.36. The lowest BCUT2D eigenvalue weighted by atomic mass is 9.74. The summed E-state index contributed by atoms with van der Waals surface area (Å²) >= 11 is 2.03. The van der Waals surface area contributed by atoms with Crippen molar-refractivity contribution in [1.82, 2.24) is 5.32 Å². The predicted molar refractivity (Wildman–Crippen MR) is 86.3 cm³/mol. The largest absolute Gasteiger partial charge is 0.389 e. The third-order valence-corrected chi connectivity index (χ3v) is 5.80. The molecule has 0 saturated carbocycles. The highest BCUT2D eigenvalue weighted by Gasteiger charge is 2.44. The molecule has 1 spiro atoms. The van der Waals surface area contributed by atoms with Crippen molar-refractivity contribution >= 4 is 11.8 Å². The number of aliphatic hydroxyl groups is 1. The van der Waals surface area contributed by atoms with Crippen molar-refractivity contribution in [3.05, 3.63) is 0 Å². The molecule has 2 aliphatic heterocycles. The molecule has 0 amide bonds. The fourth-order valence-electron chi connectivity index (χ4n) is 3.41. The maximum atomic E-state index is 10.8. The van der Waals surface area contributed by atoms with Gasteiger partial charge in [0.1, 0.15) is 0 Å². The van der Waals surface area contributed by atoms with E-state index in [2.05, 4.69) is 19.2 Å². The Hall–Kier alpha value is 0.230. The zero-order valence-electron chi connectivity index (χ0n) is 13.3. The first-order chi connectivity index (χ1) is 9.44. The van der Waals surface area contributed by atoms with Crippen LogP contribution < -0.4 is 5.32 Å². The lowest BCUT2D eigenvalue weighted by molar-refractivity contribution is -0.141. The number of hydrogen-bond donors (Lipinski definition) is 2. The summed E-state index contributed by atoms with van der Waals surface area (Å²) in [7, 11) is 0. The van der Waals surface area contributed by atoms with Crippen LogP contribution in [0.15, 0.2) is 0 Å². The Labute approximate surface area is 128 Å². The van der Waals surface area contributed by atoms with Gasteiger partial charge in [0.15, 0.2) is 0 Å². The predicted octanol–water partition coefficient (Wildman–Crippen LogP) is 2.68. The van der Waals surface area contributed by atoms with Gasteiger partial charge in [-0.2, -0.15) is 11.8 Å². The molecule has 2 aliphatic rings. The molecule has 2 N–H and O–H groups in total. The summed E-state index contributed by atoms with van der Waals surface area (Å²) < 4.78 is 6.13. The normalized spacial score (nSPS) is 29.6. The van der Waals surface area contributed by atoms with Gasteiger partial charge < -0.3 is 15.2 Å². The van der Waals surface area contributed by atoms with Gasteiger partial charge in [0.05, 0.1) is 11.2 Å². The van der Waals surface area contributed by atoms with E-state index in [-0.39, 0.29) is 5.60 Å². The van der Waals surface area contributed by atoms with Crippen molar-refractivity contribution in [2.24, 2.45) is 11.8 Å². The van der Waals surface area contributed by atoms with Gasteiger partial charge >= 0.3 is 0 Å². The molecule has 0 bridgehead atoms. The lowest BCUT2D eigenvalue weighted by Crippen LogP contribution is -2.52. The van der Waals surface area contributed by atoms with Gasteiger partial charge in [-0.15, -0.1) is 0 Å². The van der Waals surface area contributed by atoms with Crippen LogP contribution in [0.3, 0.4) is 0 Å². The summed E-state index contributed by atoms with van der Waals surface area (Å²) in [4.78, 5) is 0. The van der Waals surface area contributed by atoms with E-state index in [9.17, 15) is 5.11 Å². The number of nitrogens with one attached hydrogen (secondary N) is 1. The second-order valence-corrected chi connectivity index (χ2v) is 8.44. The molecule has 0 aromatic carbocycles. The fraction of sp³-hybridized carbons (Fsp3) is 1.00. The number of hydrogen-bond acceptors (Lipinski definition) is 4. The molecular formula is C16H31NO2S. The van der Waals surface area contributed by atoms with Gasteiger partial charge in [0, 0.05) is 13.2 Å². The van der Waals surface area contributed by atoms with E-state index < -0.39 is 5.60 Å². The molecule has 2 heterocycles. The van der Waals surface area contributed by atoms with E-state index in [4.69, 9.17) is 4.74 Å². The van der Waals surface area contributed by atoms with Crippen LogP contribution in [0.5, 0.6) is 0 Å². The lowest BCUT2D eigenvalue weighted by Gasteiger charge is -2.47. The average Bonchev–Trinajstić information content (AvgIpc) is 2.39. The van der Waals surface area contributed by atoms with Crippen LogP contribution in [0.4, 0.5) is 0 Å². The van der Waals surface area contributed by atoms with Gasteiger partial charge in [0.2, 0.25) is 0 Å². The first-order valence-corrected chi connectivity index (χ1v) is 9.24. The Morgan fingerprint density at radius 3 is 2.75 bits per heavy atom. The van der Waals surface area contributed by atoms with E-state index in [1.165, 1.54) is 11.5 Å². The molecule has 2 unspecified atom stereocenters. The van der Waals surface area contributed by atoms with Gasteiger partial charge in [0.25, 0.3) is 0 Å². The van der Waals surface area contributed by atoms with E-state index >= 15 is 0 Å². The van der Waals surface area contributed by atoms with Crippen molar-refractivity contribution in [2.45, 2.75) is 57.7 Å². The molecule has 0 aliphatic carbocycles. The van der Waals surface area contributed by atoms with Crippen molar-refractivity contribution in [3.8, 4) is 0 Å². The minimum absolute atomic E-state index is 0.0657. The van der Waals surface area contributed by atoms with Crippen LogP contribution in [0, 0.1) is 11.8 Å². The molecule has 2 atom stereocenters. The molecule has 20 heavy (non-hydrogen) atoms. The van der Waals surface area contributed by atoms with E-state index in [0.29, 0.717) is 18.4 Å². The zero-order valence-corrected chi connectivity index (χ0v) is 14.1. The third-order valence-electron chi connectivity index (χ3n) is 4.81. The molecule has 4 heteroatoms. The molecule has 3 nitrogen and oxygen atoms in total. The molecule has 0 radical (unpaired) electrons. The summed E-state index contributed by atoms with van der Waals surface area (Å²) in [6, 6.07) is 0. The first kappa shape index (κ1) is 16.6. The second kappa shape index (κ2) is 6.99. The van der Waals surface area contributed by atoms with E-state index in [1.807, 2.05) is 18.7 Å². The van der Waals surface area contributed by atoms with Crippen molar-refractivity contribution < 1.29 is 9.84 Å². The van der Waals surface area contributed by atoms with Gasteiger partial charge in [-0.1, -0.05) is 13.8 Å². The Kier molecular flexibility index (Phi) is 5.80. The molecule has 0 aromatic heterocycles. The van der Waals surface area contributed by atoms with Crippen molar-refractivity contribution in [1.29, 1.82) is 0 Å². The summed E-state index contributed by atoms with van der Waals surface area (Å²) in [5.41, 5.74) is -0.549. The first-order valence-electron chi connectivity index (χ1n) is 8.08. The topological polar surface area (TPSA) is 41.5 Å². The maximum Gasteiger partial charge on any atom is 0.0773 e. The van der Waals surface area contributed by atoms with Crippen LogP contribution in [-0.4, -0.2) is 47.5 Å². The zero-order chi connectivity index (χ0) is 14.6. The average molecular weight is 301 g/mol. The van der Waals surface area contributed by atoms with E-state index in [0.717, 1.165) is 38.8 Å². The second-order valence-electron chi connectivity index (χ2n) is 7.22. The molecule has 2 rings (SSSR count). The SMILES string of the molecule is CC(C)CNCC(C)(O)C1CCOC2(CCSCC2)C1. The van der Waals surface area contributed by atoms with Crippen LogP contribution in [0.25, 0.3) is 0 Å². The summed E-state index contributed by atoms with van der Waals surface area (Å²) in [5, 5.41) is 14.3. The minimum atomic E-state index is -0.615. The smallest absolute Gasteiger partial charge is 0.0773 e. The summed E-state index contributed by atoms with van der Waals surface area (Å²) in [5.74, 6) is 3.40. The number of ether oxygens (including phenoxy) is 1. The van der Waals surface area contributed by atoms with Crippen molar-refractivity contribution in [3.63, 3.8) is 0 Å². The van der Waals surface area contributed by atoms with E-state index in [1.54, 1.807) is 0 Å². The highest BCUT2D eigenvalue weighted by molar-refractivity contribution is 7.99. The summed E-state index contributed by atoms with van der Waals surface area (Å²) in [6.45, 7) is 8.88. The summed E-state index contributed by atoms with van der Waals surface area (Å²) in [6.07, 6.45) is 4.34. The number of thioether (sulfide) groups is 1. The van der Waals surface area contributed by atoms with Crippen LogP contribution in [0.2, 0.25) is 0 Å². The Morgan fingerprint density at radius 2 is 2.10 bits per heavy atom. The van der Waals surface area contributed by atoms with Crippen LogP contribution >= 0.6 is 11.8 Å². The molecular weight excluding hydrogens is 270 g/mol. The van der Waals surface area contributed by atoms with Gasteiger partial charge in [-0.25, -0.2) is 0 Å². The fourth-order valence-corrected chi connectivity index (χ4v) is 4.65. The van der Waals surface area contributed by atoms with Crippen LogP contribution in [-0.2, 0) is 4.74 Å². The highest BCUT2D eigenvalue weighted by Crippen LogP contribution is 2.42. The monoisotopic (exact) mass is 301 g/mol. The standard InChI is InChI=1S/C16H31NO2S/c1-13(2)11-17-12-15(3,18)14-4-7-19-16(10-14)5-8-20-9-6-16/h13-14,17-18H,4-12H2,1-3H3. The molecule has 0 aromatic rings. The Balaban J connectivity index is 1.89. The quantitative estimate of drug-likeness (QED) is 0.819. The maximum absolute atomic E-state index is 10.8. The van der Waals surface area contributed by atoms with Crippen LogP contribution in [0.1, 0.15) is 46.5 Å². The number of rotatable bonds is 5. The highest BCUT2D eigenvalue weighted by atomic mass is 32.2. The Morgan fingerprint density at radius 1 is 1.40 bits per heavy atom. The van der Waals surface area contributed by atoms with Gasteiger partial charge in [-0.05, 0) is 62.5 Å². The molecule has 118 valence electrons. The molecule has 2 saturated heterocycles. The Bertz CT molecular complexity index is 295. The van der Waals surface area contributed by atoms with Crippen molar-refractivity contribution in [2.75, 3.05) is 31.2 Å². The molecule has 2 fully saturated rings. The minimum Gasteiger partial charge on any atom is -0.389 e. The van der Waals surface area contributed by atoms with Gasteiger partial charge in [-0.3, -0.25) is 0 Å².